The van der Waals surface area contributed by atoms with Gasteiger partial charge in [0.15, 0.2) is 0 Å². The smallest absolute Gasteiger partial charge is 0.416 e. The zero-order valence-corrected chi connectivity index (χ0v) is 21.3. The largest absolute Gasteiger partial charge is 0.444 e. The van der Waals surface area contributed by atoms with Gasteiger partial charge in [-0.1, -0.05) is 25.1 Å². The summed E-state index contributed by atoms with van der Waals surface area (Å²) in [6.45, 7) is 7.26. The Balaban J connectivity index is 1.74. The van der Waals surface area contributed by atoms with Gasteiger partial charge in [0.25, 0.3) is 5.91 Å². The van der Waals surface area contributed by atoms with Crippen LogP contribution in [0, 0.1) is 0 Å². The molecule has 0 saturated carbocycles. The fourth-order valence-corrected chi connectivity index (χ4v) is 3.85. The van der Waals surface area contributed by atoms with Crippen molar-refractivity contribution in [3.63, 3.8) is 0 Å². The third-order valence-corrected chi connectivity index (χ3v) is 5.55. The van der Waals surface area contributed by atoms with Gasteiger partial charge in [-0.2, -0.15) is 13.2 Å². The second kappa shape index (κ2) is 10.2. The van der Waals surface area contributed by atoms with Crippen LogP contribution in [0.1, 0.15) is 49.2 Å². The molecule has 0 fully saturated rings. The number of amides is 2. The van der Waals surface area contributed by atoms with E-state index in [1.165, 1.54) is 12.1 Å². The predicted octanol–water partition coefficient (Wildman–Crippen LogP) is 7.21. The number of rotatable bonds is 5. The van der Waals surface area contributed by atoms with Crippen LogP contribution < -0.4 is 10.6 Å². The van der Waals surface area contributed by atoms with Crippen LogP contribution in [0.3, 0.4) is 0 Å². The summed E-state index contributed by atoms with van der Waals surface area (Å²) in [5, 5.41) is 5.34. The van der Waals surface area contributed by atoms with E-state index in [2.05, 4.69) is 15.6 Å². The van der Waals surface area contributed by atoms with Crippen molar-refractivity contribution < 1.29 is 27.5 Å². The lowest BCUT2D eigenvalue weighted by Gasteiger charge is -2.20. The van der Waals surface area contributed by atoms with Gasteiger partial charge in [-0.3, -0.25) is 20.0 Å². The first-order valence-corrected chi connectivity index (χ1v) is 11.9. The molecule has 2 N–H and O–H groups in total. The number of nitrogens with one attached hydrogen (secondary N) is 2. The number of benzene rings is 3. The molecule has 0 unspecified atom stereocenters. The Labute approximate surface area is 217 Å². The highest BCUT2D eigenvalue weighted by atomic mass is 19.4. The van der Waals surface area contributed by atoms with Gasteiger partial charge < -0.3 is 4.74 Å². The van der Waals surface area contributed by atoms with Crippen LogP contribution in [0.4, 0.5) is 29.6 Å². The zero-order valence-electron chi connectivity index (χ0n) is 21.3. The second-order valence-corrected chi connectivity index (χ2v) is 9.66. The minimum Gasteiger partial charge on any atom is -0.444 e. The maximum absolute atomic E-state index is 13.2. The lowest BCUT2D eigenvalue weighted by molar-refractivity contribution is -0.137. The molecule has 10 heteroatoms. The van der Waals surface area contributed by atoms with E-state index >= 15 is 0 Å². The number of carbonyl (C=O) groups is 2. The van der Waals surface area contributed by atoms with Gasteiger partial charge in [0.1, 0.15) is 5.60 Å². The summed E-state index contributed by atoms with van der Waals surface area (Å²) < 4.78 is 46.5. The van der Waals surface area contributed by atoms with Crippen molar-refractivity contribution in [3.05, 3.63) is 83.4 Å². The Morgan fingerprint density at radius 2 is 1.68 bits per heavy atom. The number of hydrogen-bond acceptors (Lipinski definition) is 4. The van der Waals surface area contributed by atoms with Gasteiger partial charge in [-0.05, 0) is 81.3 Å². The highest BCUT2D eigenvalue weighted by molar-refractivity contribution is 6.04. The lowest BCUT2D eigenvalue weighted by Crippen LogP contribution is -2.27. The molecular formula is C28H27F3N4O3. The topological polar surface area (TPSA) is 85.3 Å². The fraction of sp³-hybridized carbons (Fsp3) is 0.250. The molecule has 0 bridgehead atoms. The van der Waals surface area contributed by atoms with Crippen LogP contribution in [0.5, 0.6) is 0 Å². The minimum atomic E-state index is -4.58. The van der Waals surface area contributed by atoms with Crippen molar-refractivity contribution >= 4 is 34.7 Å². The molecular weight excluding hydrogens is 497 g/mol. The van der Waals surface area contributed by atoms with Gasteiger partial charge in [0.2, 0.25) is 5.95 Å². The maximum atomic E-state index is 13.2. The molecule has 0 radical (unpaired) electrons. The first kappa shape index (κ1) is 26.7. The van der Waals surface area contributed by atoms with Crippen LogP contribution in [-0.2, 0) is 17.3 Å². The van der Waals surface area contributed by atoms with E-state index in [1.54, 1.807) is 49.6 Å². The van der Waals surface area contributed by atoms with Gasteiger partial charge in [0, 0.05) is 11.3 Å². The van der Waals surface area contributed by atoms with E-state index in [1.807, 2.05) is 25.1 Å². The van der Waals surface area contributed by atoms with Crippen molar-refractivity contribution in [3.8, 4) is 5.69 Å². The number of alkyl halides is 3. The molecule has 0 atom stereocenters. The Morgan fingerprint density at radius 1 is 0.947 bits per heavy atom. The van der Waals surface area contributed by atoms with Crippen LogP contribution in [0.2, 0.25) is 0 Å². The van der Waals surface area contributed by atoms with E-state index in [-0.39, 0.29) is 11.5 Å². The average Bonchev–Trinajstić information content (AvgIpc) is 3.19. The van der Waals surface area contributed by atoms with Crippen molar-refractivity contribution in [1.29, 1.82) is 0 Å². The molecule has 1 heterocycles. The summed E-state index contributed by atoms with van der Waals surface area (Å²) in [6, 6.07) is 16.7. The van der Waals surface area contributed by atoms with Crippen LogP contribution in [0.15, 0.2) is 66.7 Å². The normalized spacial score (nSPS) is 11.9. The van der Waals surface area contributed by atoms with Crippen molar-refractivity contribution in [1.82, 2.24) is 9.55 Å². The number of aromatic nitrogens is 2. The second-order valence-electron chi connectivity index (χ2n) is 9.66. The fourth-order valence-electron chi connectivity index (χ4n) is 3.85. The first-order chi connectivity index (χ1) is 17.8. The molecule has 198 valence electrons. The quantitative estimate of drug-likeness (QED) is 0.289. The Hall–Kier alpha value is -4.34. The standard InChI is InChI=1S/C28H27F3N4O3/c1-5-17-12-13-23-22(14-17)33-25(34-24(36)18-8-6-9-19(15-18)28(29,30)31)35(23)21-11-7-10-20(16-21)32-26(37)38-27(2,3)4/h6-16H,5H2,1-4H3,(H,32,37)(H,33,34,36). The number of carbonyl (C=O) groups excluding carboxylic acids is 2. The van der Waals surface area contributed by atoms with Crippen LogP contribution in [-0.4, -0.2) is 27.2 Å². The van der Waals surface area contributed by atoms with Crippen molar-refractivity contribution in [2.45, 2.75) is 45.9 Å². The summed E-state index contributed by atoms with van der Waals surface area (Å²) in [5.74, 6) is -0.628. The molecule has 0 aliphatic carbocycles. The van der Waals surface area contributed by atoms with Gasteiger partial charge in [-0.25, -0.2) is 9.78 Å². The van der Waals surface area contributed by atoms with Crippen molar-refractivity contribution in [2.75, 3.05) is 10.6 Å². The summed E-state index contributed by atoms with van der Waals surface area (Å²) in [7, 11) is 0. The maximum Gasteiger partial charge on any atom is 0.416 e. The number of halogens is 3. The summed E-state index contributed by atoms with van der Waals surface area (Å²) in [5.41, 5.74) is 1.52. The molecule has 7 nitrogen and oxygen atoms in total. The molecule has 4 rings (SSSR count). The average molecular weight is 525 g/mol. The number of ether oxygens (including phenoxy) is 1. The van der Waals surface area contributed by atoms with E-state index in [4.69, 9.17) is 4.74 Å². The molecule has 0 spiro atoms. The first-order valence-electron chi connectivity index (χ1n) is 11.9. The van der Waals surface area contributed by atoms with E-state index in [0.29, 0.717) is 22.4 Å². The Bertz CT molecular complexity index is 1500. The summed E-state index contributed by atoms with van der Waals surface area (Å²) in [4.78, 5) is 29.9. The number of fused-ring (bicyclic) bond motifs is 1. The molecule has 4 aromatic rings. The van der Waals surface area contributed by atoms with Gasteiger partial charge in [-0.15, -0.1) is 0 Å². The third-order valence-electron chi connectivity index (χ3n) is 5.55. The van der Waals surface area contributed by atoms with Crippen LogP contribution >= 0.6 is 0 Å². The molecule has 0 aliphatic rings. The predicted molar refractivity (Wildman–Crippen MR) is 140 cm³/mol. The highest BCUT2D eigenvalue weighted by Crippen LogP contribution is 2.31. The highest BCUT2D eigenvalue weighted by Gasteiger charge is 2.31. The van der Waals surface area contributed by atoms with Gasteiger partial charge in [0.05, 0.1) is 22.3 Å². The molecule has 0 saturated heterocycles. The Morgan fingerprint density at radius 3 is 2.37 bits per heavy atom. The number of imidazole rings is 1. The van der Waals surface area contributed by atoms with E-state index in [0.717, 1.165) is 24.1 Å². The molecule has 3 aromatic carbocycles. The lowest BCUT2D eigenvalue weighted by atomic mass is 10.1. The summed E-state index contributed by atoms with van der Waals surface area (Å²) >= 11 is 0. The molecule has 38 heavy (non-hydrogen) atoms. The minimum absolute atomic E-state index is 0.116. The number of anilines is 2. The third kappa shape index (κ3) is 6.13. The SMILES string of the molecule is CCc1ccc2c(c1)nc(NC(=O)c1cccc(C(F)(F)F)c1)n2-c1cccc(NC(=O)OC(C)(C)C)c1. The molecule has 1 aromatic heterocycles. The van der Waals surface area contributed by atoms with Crippen LogP contribution in [0.25, 0.3) is 16.7 Å². The monoisotopic (exact) mass is 524 g/mol. The molecule has 0 aliphatic heterocycles. The number of nitrogens with zero attached hydrogens (tertiary/aromatic N) is 2. The Kier molecular flexibility index (Phi) is 7.17. The van der Waals surface area contributed by atoms with Gasteiger partial charge >= 0.3 is 12.3 Å². The summed E-state index contributed by atoms with van der Waals surface area (Å²) in [6.07, 6.45) is -4.44. The van der Waals surface area contributed by atoms with Crippen molar-refractivity contribution in [2.24, 2.45) is 0 Å². The number of aryl methyl sites for hydroxylation is 1. The zero-order chi connectivity index (χ0) is 27.7. The van der Waals surface area contributed by atoms with E-state index < -0.39 is 29.3 Å². The number of hydrogen-bond donors (Lipinski definition) is 2. The van der Waals surface area contributed by atoms with E-state index in [9.17, 15) is 22.8 Å². The molecule has 2 amide bonds.